The monoisotopic (exact) mass is 280 g/mol. The third-order valence-electron chi connectivity index (χ3n) is 3.28. The minimum absolute atomic E-state index is 0.130. The zero-order valence-electron chi connectivity index (χ0n) is 13.3. The maximum absolute atomic E-state index is 8.93. The largest absolute Gasteiger partial charge is 0.396 e. The van der Waals surface area contributed by atoms with Gasteiger partial charge in [0.05, 0.1) is 0 Å². The maximum Gasteiger partial charge on any atom is 0.135 e. The Kier molecular flexibility index (Phi) is 6.20. The van der Waals surface area contributed by atoms with Gasteiger partial charge in [0.15, 0.2) is 0 Å². The van der Waals surface area contributed by atoms with Crippen molar-refractivity contribution in [2.45, 2.75) is 46.5 Å². The van der Waals surface area contributed by atoms with Gasteiger partial charge in [-0.25, -0.2) is 9.97 Å². The summed E-state index contributed by atoms with van der Waals surface area (Å²) in [6, 6.07) is 1.92. The van der Waals surface area contributed by atoms with Crippen molar-refractivity contribution in [3.63, 3.8) is 0 Å². The molecule has 20 heavy (non-hydrogen) atoms. The predicted molar refractivity (Wildman–Crippen MR) is 84.3 cm³/mol. The molecule has 0 aliphatic rings. The number of hydrogen-bond acceptors (Lipinski definition) is 5. The lowest BCUT2D eigenvalue weighted by atomic mass is 9.88. The van der Waals surface area contributed by atoms with Crippen LogP contribution in [0.3, 0.4) is 0 Å². The highest BCUT2D eigenvalue weighted by Gasteiger charge is 2.17. The van der Waals surface area contributed by atoms with Crippen LogP contribution in [-0.4, -0.2) is 35.3 Å². The molecule has 0 atom stereocenters. The Balaban J connectivity index is 2.74. The fourth-order valence-corrected chi connectivity index (χ4v) is 1.92. The Morgan fingerprint density at radius 3 is 2.45 bits per heavy atom. The van der Waals surface area contributed by atoms with Gasteiger partial charge in [0.25, 0.3) is 0 Å². The third kappa shape index (κ3) is 5.33. The van der Waals surface area contributed by atoms with E-state index in [4.69, 9.17) is 5.11 Å². The van der Waals surface area contributed by atoms with Gasteiger partial charge in [0.1, 0.15) is 17.5 Å². The van der Waals surface area contributed by atoms with Crippen molar-refractivity contribution in [1.82, 2.24) is 9.97 Å². The van der Waals surface area contributed by atoms with Crippen LogP contribution in [-0.2, 0) is 0 Å². The molecule has 0 saturated carbocycles. The number of hydrogen-bond donors (Lipinski definition) is 3. The summed E-state index contributed by atoms with van der Waals surface area (Å²) >= 11 is 0. The summed E-state index contributed by atoms with van der Waals surface area (Å²) < 4.78 is 0. The summed E-state index contributed by atoms with van der Waals surface area (Å²) in [5.41, 5.74) is 0.130. The van der Waals surface area contributed by atoms with E-state index in [0.29, 0.717) is 5.92 Å². The van der Waals surface area contributed by atoms with Crippen molar-refractivity contribution in [3.8, 4) is 0 Å². The molecule has 3 N–H and O–H groups in total. The van der Waals surface area contributed by atoms with E-state index < -0.39 is 0 Å². The van der Waals surface area contributed by atoms with E-state index in [-0.39, 0.29) is 12.0 Å². The van der Waals surface area contributed by atoms with Gasteiger partial charge in [-0.05, 0) is 18.3 Å². The molecule has 5 heteroatoms. The second kappa shape index (κ2) is 7.43. The van der Waals surface area contributed by atoms with E-state index in [9.17, 15) is 0 Å². The minimum Gasteiger partial charge on any atom is -0.396 e. The highest BCUT2D eigenvalue weighted by Crippen LogP contribution is 2.23. The molecule has 0 aliphatic heterocycles. The number of anilines is 2. The van der Waals surface area contributed by atoms with Gasteiger partial charge in [-0.1, -0.05) is 27.7 Å². The first-order chi connectivity index (χ1) is 9.38. The summed E-state index contributed by atoms with van der Waals surface area (Å²) in [6.07, 6.45) is 1.81. The number of aliphatic hydroxyl groups excluding tert-OH is 1. The SMILES string of the molecule is CNc1cc(NCC(C)(C)CCCO)nc(C(C)C)n1. The molecule has 0 saturated heterocycles. The first-order valence-electron chi connectivity index (χ1n) is 7.29. The van der Waals surface area contributed by atoms with Crippen molar-refractivity contribution in [1.29, 1.82) is 0 Å². The molecule has 0 unspecified atom stereocenters. The number of aromatic nitrogens is 2. The van der Waals surface area contributed by atoms with Crippen LogP contribution in [0.2, 0.25) is 0 Å². The summed E-state index contributed by atoms with van der Waals surface area (Å²) in [4.78, 5) is 9.00. The summed E-state index contributed by atoms with van der Waals surface area (Å²) in [5.74, 6) is 2.82. The van der Waals surface area contributed by atoms with Gasteiger partial charge in [-0.3, -0.25) is 0 Å². The zero-order chi connectivity index (χ0) is 15.2. The van der Waals surface area contributed by atoms with Crippen LogP contribution in [0.15, 0.2) is 6.07 Å². The molecule has 5 nitrogen and oxygen atoms in total. The molecule has 0 spiro atoms. The predicted octanol–water partition coefficient (Wildman–Crippen LogP) is 2.85. The van der Waals surface area contributed by atoms with Crippen LogP contribution >= 0.6 is 0 Å². The highest BCUT2D eigenvalue weighted by atomic mass is 16.2. The summed E-state index contributed by atoms with van der Waals surface area (Å²) in [7, 11) is 1.86. The van der Waals surface area contributed by atoms with E-state index >= 15 is 0 Å². The van der Waals surface area contributed by atoms with E-state index in [1.54, 1.807) is 0 Å². The van der Waals surface area contributed by atoms with Crippen LogP contribution in [0, 0.1) is 5.41 Å². The molecule has 1 heterocycles. The van der Waals surface area contributed by atoms with Gasteiger partial charge in [0.2, 0.25) is 0 Å². The van der Waals surface area contributed by atoms with E-state index in [1.165, 1.54) is 0 Å². The minimum atomic E-state index is 0.130. The average Bonchev–Trinajstić information content (AvgIpc) is 2.42. The first-order valence-corrected chi connectivity index (χ1v) is 7.29. The van der Waals surface area contributed by atoms with E-state index in [1.807, 2.05) is 13.1 Å². The lowest BCUT2D eigenvalue weighted by molar-refractivity contribution is 0.248. The molecular weight excluding hydrogens is 252 g/mol. The molecule has 0 bridgehead atoms. The fourth-order valence-electron chi connectivity index (χ4n) is 1.92. The lowest BCUT2D eigenvalue weighted by Crippen LogP contribution is -2.24. The summed E-state index contributed by atoms with van der Waals surface area (Å²) in [6.45, 7) is 9.63. The second-order valence-electron chi connectivity index (χ2n) is 6.25. The van der Waals surface area contributed by atoms with Crippen molar-refractivity contribution in [2.75, 3.05) is 30.8 Å². The van der Waals surface area contributed by atoms with Gasteiger partial charge >= 0.3 is 0 Å². The second-order valence-corrected chi connectivity index (χ2v) is 6.25. The zero-order valence-corrected chi connectivity index (χ0v) is 13.3. The molecule has 0 radical (unpaired) electrons. The quantitative estimate of drug-likeness (QED) is 0.683. The lowest BCUT2D eigenvalue weighted by Gasteiger charge is -2.25. The fraction of sp³-hybridized carbons (Fsp3) is 0.733. The standard InChI is InChI=1S/C15H28N4O/c1-11(2)14-18-12(16-5)9-13(19-14)17-10-15(3,4)7-6-8-20/h9,11,20H,6-8,10H2,1-5H3,(H2,16,17,18,19). The molecule has 0 aromatic carbocycles. The normalized spacial score (nSPS) is 11.8. The van der Waals surface area contributed by atoms with Crippen LogP contribution in [0.5, 0.6) is 0 Å². The van der Waals surface area contributed by atoms with Gasteiger partial charge < -0.3 is 15.7 Å². The van der Waals surface area contributed by atoms with Crippen LogP contribution in [0.25, 0.3) is 0 Å². The molecule has 1 aromatic rings. The molecule has 0 aliphatic carbocycles. The number of aliphatic hydroxyl groups is 1. The van der Waals surface area contributed by atoms with Crippen molar-refractivity contribution in [2.24, 2.45) is 5.41 Å². The van der Waals surface area contributed by atoms with E-state index in [0.717, 1.165) is 36.8 Å². The topological polar surface area (TPSA) is 70.1 Å². The third-order valence-corrected chi connectivity index (χ3v) is 3.28. The Morgan fingerprint density at radius 1 is 1.25 bits per heavy atom. The number of nitrogens with zero attached hydrogens (tertiary/aromatic N) is 2. The molecule has 1 rings (SSSR count). The van der Waals surface area contributed by atoms with E-state index in [2.05, 4.69) is 48.3 Å². The Labute approximate surface area is 122 Å². The van der Waals surface area contributed by atoms with Gasteiger partial charge in [-0.15, -0.1) is 0 Å². The number of rotatable bonds is 8. The molecule has 1 aromatic heterocycles. The molecule has 0 amide bonds. The van der Waals surface area contributed by atoms with Crippen LogP contribution in [0.4, 0.5) is 11.6 Å². The Bertz CT molecular complexity index is 418. The molecule has 114 valence electrons. The molecule has 0 fully saturated rings. The summed E-state index contributed by atoms with van der Waals surface area (Å²) in [5, 5.41) is 15.4. The van der Waals surface area contributed by atoms with Gasteiger partial charge in [-0.2, -0.15) is 0 Å². The van der Waals surface area contributed by atoms with Crippen LogP contribution < -0.4 is 10.6 Å². The molecular formula is C15H28N4O. The number of nitrogens with one attached hydrogen (secondary N) is 2. The highest BCUT2D eigenvalue weighted by molar-refractivity contribution is 5.47. The van der Waals surface area contributed by atoms with Gasteiger partial charge in [0, 0.05) is 32.2 Å². The Morgan fingerprint density at radius 2 is 1.90 bits per heavy atom. The van der Waals surface area contributed by atoms with Crippen molar-refractivity contribution >= 4 is 11.6 Å². The van der Waals surface area contributed by atoms with Crippen molar-refractivity contribution < 1.29 is 5.11 Å². The Hall–Kier alpha value is -1.36. The smallest absolute Gasteiger partial charge is 0.135 e. The maximum atomic E-state index is 8.93. The average molecular weight is 280 g/mol. The van der Waals surface area contributed by atoms with Crippen LogP contribution in [0.1, 0.15) is 52.3 Å². The first kappa shape index (κ1) is 16.7. The van der Waals surface area contributed by atoms with Crippen molar-refractivity contribution in [3.05, 3.63) is 11.9 Å².